The first-order valence-corrected chi connectivity index (χ1v) is 4.44. The molecule has 0 spiro atoms. The molecule has 0 nitrogen and oxygen atoms in total. The minimum atomic E-state index is 0.200. The lowest BCUT2D eigenvalue weighted by molar-refractivity contribution is 0.782. The van der Waals surface area contributed by atoms with Crippen molar-refractivity contribution >= 4 is 9.24 Å². The summed E-state index contributed by atoms with van der Waals surface area (Å²) in [5.41, 5.74) is 2.71. The molecule has 0 aliphatic carbocycles. The van der Waals surface area contributed by atoms with Gasteiger partial charge in [0.1, 0.15) is 0 Å². The summed E-state index contributed by atoms with van der Waals surface area (Å²) in [5, 5.41) is 0.200. The highest BCUT2D eigenvalue weighted by Crippen LogP contribution is 2.30. The van der Waals surface area contributed by atoms with E-state index in [-0.39, 0.29) is 5.16 Å². The third-order valence-corrected chi connectivity index (χ3v) is 2.10. The van der Waals surface area contributed by atoms with Crippen molar-refractivity contribution in [1.82, 2.24) is 0 Å². The van der Waals surface area contributed by atoms with Crippen LogP contribution in [0.25, 0.3) is 0 Å². The molecule has 0 aromatic heterocycles. The van der Waals surface area contributed by atoms with Gasteiger partial charge < -0.3 is 0 Å². The molecule has 1 unspecified atom stereocenters. The third kappa shape index (κ3) is 2.31. The Labute approximate surface area is 71.2 Å². The molecule has 0 radical (unpaired) electrons. The van der Waals surface area contributed by atoms with Gasteiger partial charge in [-0.1, -0.05) is 43.7 Å². The molecule has 1 aromatic carbocycles. The Hall–Kier alpha value is -0.350. The van der Waals surface area contributed by atoms with Crippen molar-refractivity contribution in [2.45, 2.75) is 25.9 Å². The van der Waals surface area contributed by atoms with Crippen LogP contribution in [0.4, 0.5) is 0 Å². The summed E-state index contributed by atoms with van der Waals surface area (Å²) in [5.74, 6) is 0. The van der Waals surface area contributed by atoms with Crippen LogP contribution in [-0.4, -0.2) is 0 Å². The zero-order valence-corrected chi connectivity index (χ0v) is 8.54. The van der Waals surface area contributed by atoms with E-state index in [1.165, 1.54) is 11.1 Å². The lowest BCUT2D eigenvalue weighted by Gasteiger charge is -2.18. The summed E-state index contributed by atoms with van der Waals surface area (Å²) < 4.78 is 0. The predicted molar refractivity (Wildman–Crippen MR) is 53.9 cm³/mol. The molecule has 0 saturated carbocycles. The maximum absolute atomic E-state index is 2.85. The molecule has 0 heterocycles. The van der Waals surface area contributed by atoms with Gasteiger partial charge in [0.15, 0.2) is 0 Å². The monoisotopic (exact) mass is 166 g/mol. The first-order valence-electron chi connectivity index (χ1n) is 3.86. The molecular weight excluding hydrogens is 151 g/mol. The van der Waals surface area contributed by atoms with E-state index in [0.29, 0.717) is 0 Å². The molecule has 1 rings (SSSR count). The lowest BCUT2D eigenvalue weighted by atomic mass is 10.0. The summed E-state index contributed by atoms with van der Waals surface area (Å²) in [7, 11) is 2.85. The fraction of sp³-hybridized carbons (Fsp3) is 0.400. The van der Waals surface area contributed by atoms with Gasteiger partial charge in [-0.2, -0.15) is 0 Å². The number of hydrogen-bond acceptors (Lipinski definition) is 0. The van der Waals surface area contributed by atoms with Gasteiger partial charge in [0, 0.05) is 5.16 Å². The van der Waals surface area contributed by atoms with E-state index in [9.17, 15) is 0 Å². The quantitative estimate of drug-likeness (QED) is 0.562. The number of rotatable bonds is 1. The van der Waals surface area contributed by atoms with Crippen LogP contribution < -0.4 is 0 Å². The summed E-state index contributed by atoms with van der Waals surface area (Å²) in [6.07, 6.45) is 0. The maximum Gasteiger partial charge on any atom is 0.00414 e. The highest BCUT2D eigenvalue weighted by atomic mass is 31.0. The Morgan fingerprint density at radius 3 is 2.27 bits per heavy atom. The average molecular weight is 166 g/mol. The summed E-state index contributed by atoms with van der Waals surface area (Å²) in [6.45, 7) is 6.53. The second kappa shape index (κ2) is 2.95. The molecule has 11 heavy (non-hydrogen) atoms. The highest BCUT2D eigenvalue weighted by molar-refractivity contribution is 7.18. The molecule has 0 aliphatic heterocycles. The van der Waals surface area contributed by atoms with Gasteiger partial charge >= 0.3 is 0 Å². The number of hydrogen-bond donors (Lipinski definition) is 0. The van der Waals surface area contributed by atoms with Crippen LogP contribution in [0.2, 0.25) is 0 Å². The average Bonchev–Trinajstić information content (AvgIpc) is 1.86. The minimum Gasteiger partial charge on any atom is -0.127 e. The molecule has 0 aliphatic rings. The molecular formula is C10H15P. The second-order valence-corrected chi connectivity index (χ2v) is 5.03. The van der Waals surface area contributed by atoms with E-state index in [1.807, 2.05) is 0 Å². The van der Waals surface area contributed by atoms with Crippen LogP contribution >= 0.6 is 9.24 Å². The van der Waals surface area contributed by atoms with Crippen LogP contribution in [0.15, 0.2) is 24.3 Å². The SMILES string of the molecule is Cc1cccc(C(C)(C)P)c1. The number of aryl methyl sites for hydroxylation is 1. The first-order chi connectivity index (χ1) is 5.00. The van der Waals surface area contributed by atoms with Crippen LogP contribution in [0.1, 0.15) is 25.0 Å². The zero-order valence-electron chi connectivity index (χ0n) is 7.39. The topological polar surface area (TPSA) is 0 Å². The van der Waals surface area contributed by atoms with Gasteiger partial charge in [-0.25, -0.2) is 0 Å². The van der Waals surface area contributed by atoms with E-state index in [2.05, 4.69) is 54.3 Å². The molecule has 0 N–H and O–H groups in total. The van der Waals surface area contributed by atoms with Crippen molar-refractivity contribution in [2.24, 2.45) is 0 Å². The third-order valence-electron chi connectivity index (χ3n) is 1.76. The largest absolute Gasteiger partial charge is 0.127 e. The van der Waals surface area contributed by atoms with E-state index < -0.39 is 0 Å². The summed E-state index contributed by atoms with van der Waals surface area (Å²) >= 11 is 0. The molecule has 1 atom stereocenters. The van der Waals surface area contributed by atoms with Gasteiger partial charge in [-0.3, -0.25) is 0 Å². The predicted octanol–water partition coefficient (Wildman–Crippen LogP) is 3.11. The van der Waals surface area contributed by atoms with Crippen molar-refractivity contribution in [1.29, 1.82) is 0 Å². The van der Waals surface area contributed by atoms with Crippen molar-refractivity contribution in [3.63, 3.8) is 0 Å². The summed E-state index contributed by atoms with van der Waals surface area (Å²) in [4.78, 5) is 0. The smallest absolute Gasteiger partial charge is 0.00414 e. The molecule has 1 aromatic rings. The molecule has 60 valence electrons. The standard InChI is InChI=1S/C10H15P/c1-8-5-4-6-9(7-8)10(2,3)11/h4-7H,11H2,1-3H3. The van der Waals surface area contributed by atoms with E-state index in [0.717, 1.165) is 0 Å². The molecule has 1 heteroatoms. The normalized spacial score (nSPS) is 11.6. The van der Waals surface area contributed by atoms with Gasteiger partial charge in [0.2, 0.25) is 0 Å². The van der Waals surface area contributed by atoms with Crippen molar-refractivity contribution in [3.8, 4) is 0 Å². The van der Waals surface area contributed by atoms with E-state index >= 15 is 0 Å². The van der Waals surface area contributed by atoms with Crippen molar-refractivity contribution < 1.29 is 0 Å². The fourth-order valence-electron chi connectivity index (χ4n) is 1.05. The van der Waals surface area contributed by atoms with E-state index in [4.69, 9.17) is 0 Å². The first kappa shape index (κ1) is 8.74. The Bertz CT molecular complexity index is 245. The Morgan fingerprint density at radius 1 is 1.27 bits per heavy atom. The Kier molecular flexibility index (Phi) is 2.34. The second-order valence-electron chi connectivity index (χ2n) is 3.59. The van der Waals surface area contributed by atoms with Gasteiger partial charge in [0.25, 0.3) is 0 Å². The molecule has 0 saturated heterocycles. The Balaban J connectivity index is 3.06. The van der Waals surface area contributed by atoms with E-state index in [1.54, 1.807) is 0 Å². The molecule has 0 amide bonds. The van der Waals surface area contributed by atoms with Crippen LogP contribution in [0, 0.1) is 6.92 Å². The lowest BCUT2D eigenvalue weighted by Crippen LogP contribution is -2.05. The Morgan fingerprint density at radius 2 is 1.91 bits per heavy atom. The minimum absolute atomic E-state index is 0.200. The molecule has 0 bridgehead atoms. The maximum atomic E-state index is 2.85. The highest BCUT2D eigenvalue weighted by Gasteiger charge is 2.12. The van der Waals surface area contributed by atoms with Crippen molar-refractivity contribution in [3.05, 3.63) is 35.4 Å². The van der Waals surface area contributed by atoms with Gasteiger partial charge in [0.05, 0.1) is 0 Å². The van der Waals surface area contributed by atoms with Crippen LogP contribution in [-0.2, 0) is 5.16 Å². The van der Waals surface area contributed by atoms with Gasteiger partial charge in [-0.05, 0) is 12.5 Å². The fourth-order valence-corrected chi connectivity index (χ4v) is 1.23. The van der Waals surface area contributed by atoms with Crippen LogP contribution in [0.5, 0.6) is 0 Å². The number of benzene rings is 1. The molecule has 0 fully saturated rings. The summed E-state index contributed by atoms with van der Waals surface area (Å²) in [6, 6.07) is 8.63. The van der Waals surface area contributed by atoms with Crippen molar-refractivity contribution in [2.75, 3.05) is 0 Å². The van der Waals surface area contributed by atoms with Crippen LogP contribution in [0.3, 0.4) is 0 Å². The van der Waals surface area contributed by atoms with Gasteiger partial charge in [-0.15, -0.1) is 9.24 Å². The zero-order chi connectivity index (χ0) is 8.48.